The molecule has 0 atom stereocenters. The zero-order chi connectivity index (χ0) is 23.9. The van der Waals surface area contributed by atoms with Gasteiger partial charge in [0.1, 0.15) is 0 Å². The number of aromatic nitrogens is 2. The summed E-state index contributed by atoms with van der Waals surface area (Å²) in [6, 6.07) is 19.4. The van der Waals surface area contributed by atoms with Crippen molar-refractivity contribution in [3.8, 4) is 0 Å². The van der Waals surface area contributed by atoms with Crippen LogP contribution >= 0.6 is 0 Å². The summed E-state index contributed by atoms with van der Waals surface area (Å²) in [6.45, 7) is 0. The smallest absolute Gasteiger partial charge is 0.259 e. The van der Waals surface area contributed by atoms with E-state index >= 15 is 0 Å². The quantitative estimate of drug-likeness (QED) is 0.225. The van der Waals surface area contributed by atoms with E-state index in [1.165, 1.54) is 36.7 Å². The molecule has 4 aromatic rings. The maximum absolute atomic E-state index is 10.9. The second-order valence-electron chi connectivity index (χ2n) is 6.89. The molecule has 0 unspecified atom stereocenters. The predicted molar refractivity (Wildman–Crippen MR) is 128 cm³/mol. The number of anilines is 2. The fourth-order valence-corrected chi connectivity index (χ4v) is 3.04. The van der Waals surface area contributed by atoms with Crippen molar-refractivity contribution >= 4 is 46.2 Å². The van der Waals surface area contributed by atoms with Gasteiger partial charge in [-0.2, -0.15) is 10.2 Å². The lowest BCUT2D eigenvalue weighted by Gasteiger charge is -2.08. The zero-order valence-electron chi connectivity index (χ0n) is 17.4. The third kappa shape index (κ3) is 5.13. The molecule has 12 heteroatoms. The summed E-state index contributed by atoms with van der Waals surface area (Å²) < 4.78 is 0. The van der Waals surface area contributed by atoms with Crippen LogP contribution in [-0.2, 0) is 0 Å². The molecule has 12 nitrogen and oxygen atoms in total. The van der Waals surface area contributed by atoms with Crippen LogP contribution in [0.25, 0.3) is 10.8 Å². The minimum absolute atomic E-state index is 0.0321. The molecule has 1 aromatic heterocycles. The Morgan fingerprint density at radius 2 is 1.12 bits per heavy atom. The first kappa shape index (κ1) is 22.0. The Morgan fingerprint density at radius 1 is 0.676 bits per heavy atom. The monoisotopic (exact) mass is 456 g/mol. The summed E-state index contributed by atoms with van der Waals surface area (Å²) in [5.41, 5.74) is 6.65. The minimum Gasteiger partial charge on any atom is -0.259 e. The maximum atomic E-state index is 10.9. The fourth-order valence-electron chi connectivity index (χ4n) is 3.04. The van der Waals surface area contributed by atoms with E-state index in [1.807, 2.05) is 24.3 Å². The molecule has 0 amide bonds. The average Bonchev–Trinajstić information content (AvgIpc) is 2.85. The number of non-ortho nitro benzene ring substituents is 2. The molecule has 0 aliphatic rings. The first-order valence-corrected chi connectivity index (χ1v) is 9.84. The van der Waals surface area contributed by atoms with Crippen LogP contribution in [0, 0.1) is 20.2 Å². The van der Waals surface area contributed by atoms with Gasteiger partial charge in [0.15, 0.2) is 11.6 Å². The van der Waals surface area contributed by atoms with Crippen molar-refractivity contribution in [1.82, 2.24) is 10.2 Å². The Kier molecular flexibility index (Phi) is 6.40. The molecule has 4 rings (SSSR count). The van der Waals surface area contributed by atoms with Gasteiger partial charge < -0.3 is 0 Å². The van der Waals surface area contributed by atoms with Gasteiger partial charge >= 0.3 is 0 Å². The standard InChI is InChI=1S/C22H16N8O4/c31-29(32)17-7-3-5-15(11-17)13-23-25-21-19-9-1-2-10-20(19)22(28-27-21)26-24-14-16-6-4-8-18(12-16)30(33)34/h1-14H,(H,25,27)(H,26,28)/b23-13-,24-14+. The molecule has 0 saturated heterocycles. The Hall–Kier alpha value is -5.26. The summed E-state index contributed by atoms with van der Waals surface area (Å²) in [4.78, 5) is 20.9. The third-order valence-corrected chi connectivity index (χ3v) is 4.62. The number of hydrazone groups is 2. The molecule has 0 fully saturated rings. The highest BCUT2D eigenvalue weighted by molar-refractivity contribution is 5.98. The van der Waals surface area contributed by atoms with Crippen LogP contribution in [0.5, 0.6) is 0 Å². The van der Waals surface area contributed by atoms with Gasteiger partial charge in [-0.25, -0.2) is 0 Å². The highest BCUT2D eigenvalue weighted by atomic mass is 16.6. The molecule has 1 heterocycles. The molecule has 0 bridgehead atoms. The van der Waals surface area contributed by atoms with E-state index in [0.717, 1.165) is 0 Å². The topological polar surface area (TPSA) is 161 Å². The number of nitro benzene ring substituents is 2. The predicted octanol–water partition coefficient (Wildman–Crippen LogP) is 4.34. The lowest BCUT2D eigenvalue weighted by Crippen LogP contribution is -2.01. The molecule has 168 valence electrons. The van der Waals surface area contributed by atoms with E-state index in [9.17, 15) is 20.2 Å². The molecule has 34 heavy (non-hydrogen) atoms. The molecule has 0 aliphatic heterocycles. The van der Waals surface area contributed by atoms with Crippen molar-refractivity contribution in [3.05, 3.63) is 104 Å². The van der Waals surface area contributed by atoms with E-state index in [-0.39, 0.29) is 11.4 Å². The van der Waals surface area contributed by atoms with Gasteiger partial charge in [0.05, 0.1) is 22.3 Å². The molecule has 0 saturated carbocycles. The van der Waals surface area contributed by atoms with Crippen LogP contribution in [-0.4, -0.2) is 32.5 Å². The second-order valence-corrected chi connectivity index (χ2v) is 6.89. The molecular formula is C22H16N8O4. The Bertz CT molecular complexity index is 1330. The summed E-state index contributed by atoms with van der Waals surface area (Å²) in [5, 5.41) is 39.7. The molecule has 3 aromatic carbocycles. The van der Waals surface area contributed by atoms with Crippen LogP contribution in [0.3, 0.4) is 0 Å². The molecule has 0 radical (unpaired) electrons. The molecule has 0 spiro atoms. The molecule has 2 N–H and O–H groups in total. The highest BCUT2D eigenvalue weighted by Crippen LogP contribution is 2.26. The normalized spacial score (nSPS) is 11.2. The SMILES string of the molecule is O=[N+]([O-])c1cccc(/C=N\Nc2nnc(N/N=C/c3cccc([N+](=O)[O-])c3)c3ccccc23)c1. The number of rotatable bonds is 8. The molecule has 0 aliphatic carbocycles. The van der Waals surface area contributed by atoms with E-state index in [0.29, 0.717) is 33.5 Å². The summed E-state index contributed by atoms with van der Waals surface area (Å²) >= 11 is 0. The molecular weight excluding hydrogens is 440 g/mol. The largest absolute Gasteiger partial charge is 0.270 e. The van der Waals surface area contributed by atoms with Gasteiger partial charge in [0.25, 0.3) is 11.4 Å². The fraction of sp³-hybridized carbons (Fsp3) is 0. The van der Waals surface area contributed by atoms with Gasteiger partial charge in [0.2, 0.25) is 0 Å². The van der Waals surface area contributed by atoms with Crippen molar-refractivity contribution in [2.45, 2.75) is 0 Å². The number of hydrogen-bond acceptors (Lipinski definition) is 10. The average molecular weight is 456 g/mol. The number of nitro groups is 2. The Morgan fingerprint density at radius 3 is 1.53 bits per heavy atom. The van der Waals surface area contributed by atoms with Gasteiger partial charge in [-0.1, -0.05) is 48.5 Å². The number of benzene rings is 3. The number of hydrogen-bond donors (Lipinski definition) is 2. The van der Waals surface area contributed by atoms with Crippen molar-refractivity contribution in [2.24, 2.45) is 10.2 Å². The number of nitrogens with zero attached hydrogens (tertiary/aromatic N) is 6. The second kappa shape index (κ2) is 9.91. The first-order chi connectivity index (χ1) is 16.5. The van der Waals surface area contributed by atoms with Gasteiger partial charge in [-0.15, -0.1) is 10.2 Å². The summed E-state index contributed by atoms with van der Waals surface area (Å²) in [7, 11) is 0. The van der Waals surface area contributed by atoms with Crippen LogP contribution in [0.15, 0.2) is 83.0 Å². The highest BCUT2D eigenvalue weighted by Gasteiger charge is 2.09. The lowest BCUT2D eigenvalue weighted by atomic mass is 10.2. The van der Waals surface area contributed by atoms with E-state index < -0.39 is 9.85 Å². The van der Waals surface area contributed by atoms with Gasteiger partial charge in [-0.3, -0.25) is 31.1 Å². The summed E-state index contributed by atoms with van der Waals surface area (Å²) in [6.07, 6.45) is 2.89. The Labute approximate surface area is 192 Å². The summed E-state index contributed by atoms with van der Waals surface area (Å²) in [5.74, 6) is 0.760. The van der Waals surface area contributed by atoms with Crippen LogP contribution in [0.2, 0.25) is 0 Å². The van der Waals surface area contributed by atoms with E-state index in [1.54, 1.807) is 24.3 Å². The van der Waals surface area contributed by atoms with E-state index in [2.05, 4.69) is 31.3 Å². The van der Waals surface area contributed by atoms with Crippen LogP contribution < -0.4 is 10.9 Å². The minimum atomic E-state index is -0.475. The number of nitrogens with one attached hydrogen (secondary N) is 2. The van der Waals surface area contributed by atoms with Crippen LogP contribution in [0.1, 0.15) is 11.1 Å². The van der Waals surface area contributed by atoms with Gasteiger partial charge in [0, 0.05) is 46.2 Å². The maximum Gasteiger partial charge on any atom is 0.270 e. The zero-order valence-corrected chi connectivity index (χ0v) is 17.4. The van der Waals surface area contributed by atoms with Crippen LogP contribution in [0.4, 0.5) is 23.0 Å². The first-order valence-electron chi connectivity index (χ1n) is 9.84. The lowest BCUT2D eigenvalue weighted by molar-refractivity contribution is -0.385. The number of fused-ring (bicyclic) bond motifs is 1. The van der Waals surface area contributed by atoms with Gasteiger partial charge in [-0.05, 0) is 0 Å². The van der Waals surface area contributed by atoms with Crippen molar-refractivity contribution in [3.63, 3.8) is 0 Å². The Balaban J connectivity index is 1.52. The van der Waals surface area contributed by atoms with Crippen molar-refractivity contribution in [1.29, 1.82) is 0 Å². The third-order valence-electron chi connectivity index (χ3n) is 4.62. The van der Waals surface area contributed by atoms with E-state index in [4.69, 9.17) is 0 Å². The van der Waals surface area contributed by atoms with Crippen molar-refractivity contribution < 1.29 is 9.85 Å². The van der Waals surface area contributed by atoms with Crippen molar-refractivity contribution in [2.75, 3.05) is 10.9 Å².